The number of carbonyl (C=O) groups excluding carboxylic acids is 1. The Bertz CT molecular complexity index is 382. The van der Waals surface area contributed by atoms with Gasteiger partial charge in [0.2, 0.25) is 5.88 Å². The van der Waals surface area contributed by atoms with Crippen molar-refractivity contribution in [2.24, 2.45) is 0 Å². The number of rotatable bonds is 5. The second kappa shape index (κ2) is 6.03. The third-order valence-corrected chi connectivity index (χ3v) is 1.97. The minimum atomic E-state index is -0.322. The van der Waals surface area contributed by atoms with Gasteiger partial charge in [0.05, 0.1) is 13.2 Å². The van der Waals surface area contributed by atoms with Crippen LogP contribution in [-0.2, 0) is 9.53 Å². The fourth-order valence-corrected chi connectivity index (χ4v) is 1.18. The van der Waals surface area contributed by atoms with Crippen LogP contribution in [0.2, 0.25) is 0 Å². The molecule has 0 spiro atoms. The Morgan fingerprint density at radius 1 is 1.47 bits per heavy atom. The van der Waals surface area contributed by atoms with Crippen LogP contribution in [0.5, 0.6) is 5.88 Å². The van der Waals surface area contributed by atoms with Gasteiger partial charge < -0.3 is 14.4 Å². The maximum Gasteiger partial charge on any atom is 0.325 e. The summed E-state index contributed by atoms with van der Waals surface area (Å²) in [6, 6.07) is 1.68. The van der Waals surface area contributed by atoms with E-state index in [1.807, 2.05) is 13.8 Å². The number of hydrogen-bond donors (Lipinski definition) is 0. The number of carbonyl (C=O) groups is 1. The molecule has 0 aliphatic heterocycles. The Morgan fingerprint density at radius 3 is 2.76 bits per heavy atom. The molecule has 0 unspecified atom stereocenters. The van der Waals surface area contributed by atoms with Crippen molar-refractivity contribution < 1.29 is 14.3 Å². The number of anilines is 1. The first-order valence-electron chi connectivity index (χ1n) is 5.29. The quantitative estimate of drug-likeness (QED) is 0.710. The Balaban J connectivity index is 2.73. The maximum absolute atomic E-state index is 11.1. The first-order valence-corrected chi connectivity index (χ1v) is 5.29. The molecule has 0 amide bonds. The van der Waals surface area contributed by atoms with Gasteiger partial charge in [0.1, 0.15) is 18.7 Å². The average Bonchev–Trinajstić information content (AvgIpc) is 2.28. The number of likely N-dealkylation sites (N-methyl/N-ethyl adjacent to an activating group) is 1. The smallest absolute Gasteiger partial charge is 0.325 e. The van der Waals surface area contributed by atoms with Crippen LogP contribution in [0.25, 0.3) is 0 Å². The third kappa shape index (κ3) is 4.26. The summed E-state index contributed by atoms with van der Waals surface area (Å²) in [7, 11) is 3.10. The van der Waals surface area contributed by atoms with E-state index < -0.39 is 0 Å². The fourth-order valence-electron chi connectivity index (χ4n) is 1.18. The summed E-state index contributed by atoms with van der Waals surface area (Å²) in [5, 5.41) is 0. The van der Waals surface area contributed by atoms with Crippen LogP contribution >= 0.6 is 0 Å². The average molecular weight is 239 g/mol. The van der Waals surface area contributed by atoms with Gasteiger partial charge in [0.15, 0.2) is 0 Å². The van der Waals surface area contributed by atoms with E-state index in [9.17, 15) is 4.79 Å². The molecule has 1 aromatic rings. The van der Waals surface area contributed by atoms with E-state index in [-0.39, 0.29) is 18.6 Å². The lowest BCUT2D eigenvalue weighted by Gasteiger charge is -2.17. The van der Waals surface area contributed by atoms with Crippen LogP contribution in [0.15, 0.2) is 12.4 Å². The lowest BCUT2D eigenvalue weighted by Crippen LogP contribution is -2.27. The number of hydrogen-bond acceptors (Lipinski definition) is 6. The number of nitrogens with zero attached hydrogens (tertiary/aromatic N) is 3. The first-order chi connectivity index (χ1) is 8.02. The molecule has 1 heterocycles. The topological polar surface area (TPSA) is 64.5 Å². The van der Waals surface area contributed by atoms with E-state index in [0.717, 1.165) is 0 Å². The molecule has 0 aliphatic carbocycles. The van der Waals surface area contributed by atoms with Gasteiger partial charge in [0.25, 0.3) is 0 Å². The number of ether oxygens (including phenoxy) is 2. The van der Waals surface area contributed by atoms with Crippen LogP contribution in [-0.4, -0.2) is 42.7 Å². The summed E-state index contributed by atoms with van der Waals surface area (Å²) in [5.74, 6) is 0.778. The molecule has 17 heavy (non-hydrogen) atoms. The van der Waals surface area contributed by atoms with Crippen molar-refractivity contribution in [1.82, 2.24) is 9.97 Å². The lowest BCUT2D eigenvalue weighted by atomic mass is 10.4. The van der Waals surface area contributed by atoms with Crippen molar-refractivity contribution in [1.29, 1.82) is 0 Å². The van der Waals surface area contributed by atoms with Crippen LogP contribution in [0, 0.1) is 0 Å². The van der Waals surface area contributed by atoms with E-state index in [2.05, 4.69) is 14.7 Å². The zero-order valence-corrected chi connectivity index (χ0v) is 10.5. The van der Waals surface area contributed by atoms with Crippen molar-refractivity contribution in [3.8, 4) is 5.88 Å². The molecule has 94 valence electrons. The SMILES string of the molecule is COC(=O)CN(C)c1cc(OC(C)C)ncn1. The molecule has 0 atom stereocenters. The van der Waals surface area contributed by atoms with Gasteiger partial charge >= 0.3 is 5.97 Å². The summed E-state index contributed by atoms with van der Waals surface area (Å²) in [5.41, 5.74) is 0. The lowest BCUT2D eigenvalue weighted by molar-refractivity contribution is -0.138. The summed E-state index contributed by atoms with van der Waals surface area (Å²) in [6.07, 6.45) is 1.45. The van der Waals surface area contributed by atoms with E-state index in [1.54, 1.807) is 18.0 Å². The van der Waals surface area contributed by atoms with E-state index in [1.165, 1.54) is 13.4 Å². The van der Waals surface area contributed by atoms with Crippen molar-refractivity contribution in [3.05, 3.63) is 12.4 Å². The highest BCUT2D eigenvalue weighted by Gasteiger charge is 2.10. The third-order valence-electron chi connectivity index (χ3n) is 1.97. The molecule has 0 saturated carbocycles. The van der Waals surface area contributed by atoms with Gasteiger partial charge in [0, 0.05) is 13.1 Å². The van der Waals surface area contributed by atoms with Gasteiger partial charge in [-0.05, 0) is 13.8 Å². The molecule has 6 heteroatoms. The largest absolute Gasteiger partial charge is 0.475 e. The second-order valence-corrected chi connectivity index (χ2v) is 3.81. The zero-order chi connectivity index (χ0) is 12.8. The molecule has 0 radical (unpaired) electrons. The predicted molar refractivity (Wildman–Crippen MR) is 63.1 cm³/mol. The van der Waals surface area contributed by atoms with E-state index in [0.29, 0.717) is 11.7 Å². The molecular formula is C11H17N3O3. The first kappa shape index (κ1) is 13.2. The summed E-state index contributed by atoms with van der Waals surface area (Å²) >= 11 is 0. The van der Waals surface area contributed by atoms with Gasteiger partial charge in [-0.2, -0.15) is 0 Å². The van der Waals surface area contributed by atoms with Gasteiger partial charge in [-0.25, -0.2) is 9.97 Å². The van der Waals surface area contributed by atoms with Crippen LogP contribution in [0.3, 0.4) is 0 Å². The van der Waals surface area contributed by atoms with Crippen LogP contribution in [0.1, 0.15) is 13.8 Å². The molecule has 0 saturated heterocycles. The predicted octanol–water partition coefficient (Wildman–Crippen LogP) is 0.873. The Labute approximate surface area is 101 Å². The van der Waals surface area contributed by atoms with Crippen LogP contribution < -0.4 is 9.64 Å². The van der Waals surface area contributed by atoms with Gasteiger partial charge in [-0.15, -0.1) is 0 Å². The molecule has 1 rings (SSSR count). The minimum Gasteiger partial charge on any atom is -0.475 e. The molecule has 0 N–H and O–H groups in total. The zero-order valence-electron chi connectivity index (χ0n) is 10.5. The number of methoxy groups -OCH3 is 1. The monoisotopic (exact) mass is 239 g/mol. The highest BCUT2D eigenvalue weighted by molar-refractivity contribution is 5.75. The summed E-state index contributed by atoms with van der Waals surface area (Å²) in [6.45, 7) is 3.97. The van der Waals surface area contributed by atoms with E-state index >= 15 is 0 Å². The molecule has 0 fully saturated rings. The summed E-state index contributed by atoms with van der Waals surface area (Å²) in [4.78, 5) is 20.8. The Hall–Kier alpha value is -1.85. The van der Waals surface area contributed by atoms with Crippen LogP contribution in [0.4, 0.5) is 5.82 Å². The molecule has 0 aromatic carbocycles. The molecule has 6 nitrogen and oxygen atoms in total. The maximum atomic E-state index is 11.1. The Morgan fingerprint density at radius 2 is 2.18 bits per heavy atom. The molecule has 0 aliphatic rings. The fraction of sp³-hybridized carbons (Fsp3) is 0.545. The van der Waals surface area contributed by atoms with Crippen molar-refractivity contribution in [2.75, 3.05) is 25.6 Å². The van der Waals surface area contributed by atoms with E-state index in [4.69, 9.17) is 4.74 Å². The van der Waals surface area contributed by atoms with Crippen molar-refractivity contribution in [2.45, 2.75) is 20.0 Å². The molecule has 1 aromatic heterocycles. The normalized spacial score (nSPS) is 10.2. The highest BCUT2D eigenvalue weighted by atomic mass is 16.5. The number of aromatic nitrogens is 2. The summed E-state index contributed by atoms with van der Waals surface area (Å²) < 4.78 is 10.0. The molecular weight excluding hydrogens is 222 g/mol. The van der Waals surface area contributed by atoms with Crippen molar-refractivity contribution in [3.63, 3.8) is 0 Å². The highest BCUT2D eigenvalue weighted by Crippen LogP contribution is 2.15. The van der Waals surface area contributed by atoms with Gasteiger partial charge in [-0.3, -0.25) is 4.79 Å². The number of esters is 1. The standard InChI is InChI=1S/C11H17N3O3/c1-8(2)17-10-5-9(12-7-13-10)14(3)6-11(15)16-4/h5,7-8H,6H2,1-4H3. The minimum absolute atomic E-state index is 0.0451. The second-order valence-electron chi connectivity index (χ2n) is 3.81. The van der Waals surface area contributed by atoms with Crippen molar-refractivity contribution >= 4 is 11.8 Å². The van der Waals surface area contributed by atoms with Gasteiger partial charge in [-0.1, -0.05) is 0 Å². The molecule has 0 bridgehead atoms. The Kier molecular flexibility index (Phi) is 4.68.